The fraction of sp³-hybridized carbons (Fsp3) is 0.390. The van der Waals surface area contributed by atoms with Crippen molar-refractivity contribution in [1.82, 2.24) is 25.4 Å². The quantitative estimate of drug-likeness (QED) is 0.136. The predicted octanol–water partition coefficient (Wildman–Crippen LogP) is 4.81. The molecular weight excluding hydrogens is 675 g/mol. The summed E-state index contributed by atoms with van der Waals surface area (Å²) >= 11 is 1.59. The fourth-order valence-electron chi connectivity index (χ4n) is 7.72. The maximum Gasteiger partial charge on any atom is 0.238 e. The van der Waals surface area contributed by atoms with Crippen molar-refractivity contribution in [3.63, 3.8) is 0 Å². The Morgan fingerprint density at radius 3 is 2.65 bits per heavy atom. The van der Waals surface area contributed by atoms with E-state index in [1.54, 1.807) is 23.7 Å². The third-order valence-electron chi connectivity index (χ3n) is 10.7. The standard InChI is InChI=1S/C41H47N5O5S/c1-41(2,37-22-30-23-42-15-14-36(30)51-37)46-17-16-45(34(26-46)40(50)43-24-32-12-8-18-52-32)25-31(47)20-29(19-27-9-4-3-5-10-27)39(49)44-38-33-13-7-6-11-28(33)21-35(38)48/h3-15,18,22-23,29,31,34-35,38,47-48H,16-17,19-21,24-26H2,1-2H3,(H,43,50)(H,44,49)/t29-,31+,34+,35-,38+/m1/s1. The lowest BCUT2D eigenvalue weighted by Gasteiger charge is -2.47. The summed E-state index contributed by atoms with van der Waals surface area (Å²) in [4.78, 5) is 37.6. The number of amides is 2. The van der Waals surface area contributed by atoms with Gasteiger partial charge in [-0.2, -0.15) is 0 Å². The summed E-state index contributed by atoms with van der Waals surface area (Å²) in [6, 6.07) is 24.4. The normalized spacial score (nSPS) is 20.7. The minimum atomic E-state index is -0.879. The third-order valence-corrected chi connectivity index (χ3v) is 11.6. The van der Waals surface area contributed by atoms with Gasteiger partial charge in [0.1, 0.15) is 17.4 Å². The molecule has 272 valence electrons. The van der Waals surface area contributed by atoms with Crippen molar-refractivity contribution in [2.75, 3.05) is 26.2 Å². The van der Waals surface area contributed by atoms with E-state index >= 15 is 0 Å². The maximum absolute atomic E-state index is 14.0. The van der Waals surface area contributed by atoms with Crippen LogP contribution >= 0.6 is 11.3 Å². The first-order valence-corrected chi connectivity index (χ1v) is 18.9. The number of nitrogens with zero attached hydrogens (tertiary/aromatic N) is 3. The molecule has 1 fully saturated rings. The van der Waals surface area contributed by atoms with Crippen LogP contribution in [0.15, 0.2) is 101 Å². The van der Waals surface area contributed by atoms with E-state index in [0.717, 1.165) is 38.3 Å². The molecule has 5 atom stereocenters. The first kappa shape index (κ1) is 36.0. The van der Waals surface area contributed by atoms with Crippen molar-refractivity contribution in [3.05, 3.63) is 124 Å². The molecule has 10 nitrogen and oxygen atoms in total. The molecule has 1 aliphatic heterocycles. The Bertz CT molecular complexity index is 1930. The third kappa shape index (κ3) is 7.99. The number of aliphatic hydroxyl groups is 2. The van der Waals surface area contributed by atoms with Crippen molar-refractivity contribution < 1.29 is 24.2 Å². The molecule has 4 heterocycles. The van der Waals surface area contributed by atoms with Gasteiger partial charge < -0.3 is 25.3 Å². The molecule has 1 saturated heterocycles. The largest absolute Gasteiger partial charge is 0.459 e. The molecule has 5 aromatic rings. The Labute approximate surface area is 308 Å². The number of nitrogens with one attached hydrogen (secondary N) is 2. The van der Waals surface area contributed by atoms with Crippen molar-refractivity contribution in [2.45, 2.75) is 69.5 Å². The van der Waals surface area contributed by atoms with Crippen LogP contribution in [0.2, 0.25) is 0 Å². The van der Waals surface area contributed by atoms with Crippen LogP contribution in [-0.2, 0) is 34.5 Å². The van der Waals surface area contributed by atoms with Crippen molar-refractivity contribution in [3.8, 4) is 0 Å². The van der Waals surface area contributed by atoms with E-state index in [9.17, 15) is 19.8 Å². The van der Waals surface area contributed by atoms with Gasteiger partial charge in [-0.3, -0.25) is 24.4 Å². The molecule has 52 heavy (non-hydrogen) atoms. The van der Waals surface area contributed by atoms with Gasteiger partial charge in [-0.05, 0) is 67.0 Å². The van der Waals surface area contributed by atoms with Gasteiger partial charge in [0, 0.05) is 61.2 Å². The minimum absolute atomic E-state index is 0.109. The molecule has 2 aliphatic rings. The van der Waals surface area contributed by atoms with Crippen LogP contribution in [0.1, 0.15) is 53.6 Å². The Morgan fingerprint density at radius 2 is 1.87 bits per heavy atom. The zero-order valence-corrected chi connectivity index (χ0v) is 30.5. The topological polar surface area (TPSA) is 131 Å². The number of aliphatic hydroxyl groups excluding tert-OH is 2. The minimum Gasteiger partial charge on any atom is -0.459 e. The van der Waals surface area contributed by atoms with E-state index in [2.05, 4.69) is 39.3 Å². The summed E-state index contributed by atoms with van der Waals surface area (Å²) in [7, 11) is 0. The molecule has 3 aromatic heterocycles. The number of pyridine rings is 1. The highest BCUT2D eigenvalue weighted by atomic mass is 32.1. The number of β-amino-alcohol motifs (C(OH)–C–C–N with tert-alkyl or cyclic N) is 1. The number of thiophene rings is 1. The monoisotopic (exact) mass is 721 g/mol. The number of furan rings is 1. The SMILES string of the molecule is CC(C)(c1cc2cnccc2o1)N1CCN(C[C@@H](O)C[C@@H](Cc2ccccc2)C(=O)N[C@H]2c3ccccc3C[C@H]2O)[C@H](C(=O)NCc2cccs2)C1. The van der Waals surface area contributed by atoms with Crippen molar-refractivity contribution in [2.24, 2.45) is 5.92 Å². The summed E-state index contributed by atoms with van der Waals surface area (Å²) in [5.41, 5.74) is 3.20. The second-order valence-corrected chi connectivity index (χ2v) is 15.6. The maximum atomic E-state index is 14.0. The average molecular weight is 722 g/mol. The number of rotatable bonds is 13. The lowest BCUT2D eigenvalue weighted by molar-refractivity contribution is -0.132. The lowest BCUT2D eigenvalue weighted by Crippen LogP contribution is -2.63. The number of hydrogen-bond acceptors (Lipinski definition) is 9. The smallest absolute Gasteiger partial charge is 0.238 e. The van der Waals surface area contributed by atoms with Crippen LogP contribution in [0.3, 0.4) is 0 Å². The van der Waals surface area contributed by atoms with Crippen LogP contribution in [0.25, 0.3) is 11.0 Å². The van der Waals surface area contributed by atoms with Gasteiger partial charge >= 0.3 is 0 Å². The van der Waals surface area contributed by atoms with Gasteiger partial charge in [-0.1, -0.05) is 60.7 Å². The zero-order chi connectivity index (χ0) is 36.2. The molecule has 7 rings (SSSR count). The summed E-state index contributed by atoms with van der Waals surface area (Å²) in [5.74, 6) is -0.0679. The summed E-state index contributed by atoms with van der Waals surface area (Å²) in [6.45, 7) is 6.49. The van der Waals surface area contributed by atoms with E-state index in [0.29, 0.717) is 39.0 Å². The molecule has 11 heteroatoms. The van der Waals surface area contributed by atoms with E-state index in [-0.39, 0.29) is 24.8 Å². The van der Waals surface area contributed by atoms with Crippen LogP contribution in [0.5, 0.6) is 0 Å². The Kier molecular flexibility index (Phi) is 10.9. The predicted molar refractivity (Wildman–Crippen MR) is 201 cm³/mol. The summed E-state index contributed by atoms with van der Waals surface area (Å²) < 4.78 is 6.27. The first-order valence-electron chi connectivity index (χ1n) is 18.1. The number of piperazine rings is 1. The van der Waals surface area contributed by atoms with Crippen LogP contribution < -0.4 is 10.6 Å². The molecule has 0 bridgehead atoms. The van der Waals surface area contributed by atoms with Crippen LogP contribution in [-0.4, -0.2) is 81.2 Å². The number of hydrogen-bond donors (Lipinski definition) is 4. The summed E-state index contributed by atoms with van der Waals surface area (Å²) in [6.07, 6.45) is 3.04. The first-order chi connectivity index (χ1) is 25.2. The average Bonchev–Trinajstić information content (AvgIpc) is 3.90. The van der Waals surface area contributed by atoms with E-state index < -0.39 is 35.7 Å². The second kappa shape index (κ2) is 15.7. The molecule has 4 N–H and O–H groups in total. The van der Waals surface area contributed by atoms with Gasteiger partial charge in [-0.25, -0.2) is 0 Å². The van der Waals surface area contributed by atoms with Gasteiger partial charge in [0.2, 0.25) is 11.8 Å². The highest BCUT2D eigenvalue weighted by Gasteiger charge is 2.41. The van der Waals surface area contributed by atoms with Crippen molar-refractivity contribution >= 4 is 34.1 Å². The molecule has 1 aliphatic carbocycles. The Morgan fingerprint density at radius 1 is 1.06 bits per heavy atom. The van der Waals surface area contributed by atoms with E-state index in [1.807, 2.05) is 84.2 Å². The molecule has 0 radical (unpaired) electrons. The van der Waals surface area contributed by atoms with Gasteiger partial charge in [0.15, 0.2) is 0 Å². The van der Waals surface area contributed by atoms with Crippen LogP contribution in [0.4, 0.5) is 0 Å². The van der Waals surface area contributed by atoms with Gasteiger partial charge in [0.05, 0.1) is 30.3 Å². The highest BCUT2D eigenvalue weighted by molar-refractivity contribution is 7.09. The number of aromatic nitrogens is 1. The number of benzene rings is 2. The molecular formula is C41H47N5O5S. The number of carbonyl (C=O) groups is 2. The highest BCUT2D eigenvalue weighted by Crippen LogP contribution is 2.35. The lowest BCUT2D eigenvalue weighted by atomic mass is 9.91. The van der Waals surface area contributed by atoms with E-state index in [4.69, 9.17) is 4.42 Å². The van der Waals surface area contributed by atoms with Crippen molar-refractivity contribution in [1.29, 1.82) is 0 Å². The van der Waals surface area contributed by atoms with Gasteiger partial charge in [0.25, 0.3) is 0 Å². The Hall–Kier alpha value is -4.39. The zero-order valence-electron chi connectivity index (χ0n) is 29.7. The molecule has 0 saturated carbocycles. The Balaban J connectivity index is 1.08. The molecule has 0 unspecified atom stereocenters. The molecule has 0 spiro atoms. The molecule has 2 aromatic carbocycles. The summed E-state index contributed by atoms with van der Waals surface area (Å²) in [5, 5.41) is 31.8. The second-order valence-electron chi connectivity index (χ2n) is 14.6. The van der Waals surface area contributed by atoms with Gasteiger partial charge in [-0.15, -0.1) is 11.3 Å². The molecule has 2 amide bonds. The van der Waals surface area contributed by atoms with Crippen LogP contribution in [0, 0.1) is 5.92 Å². The fourth-order valence-corrected chi connectivity index (χ4v) is 8.36. The number of carbonyl (C=O) groups excluding carboxylic acids is 2. The number of fused-ring (bicyclic) bond motifs is 2. The van der Waals surface area contributed by atoms with E-state index in [1.165, 1.54) is 0 Å².